The van der Waals surface area contributed by atoms with E-state index in [4.69, 9.17) is 10.2 Å². The number of hydrogen-bond donors (Lipinski definition) is 2. The van der Waals surface area contributed by atoms with Crippen LogP contribution in [0.25, 0.3) is 0 Å². The molecule has 64 valence electrons. The van der Waals surface area contributed by atoms with E-state index in [2.05, 4.69) is 0 Å². The molecule has 11 heavy (non-hydrogen) atoms. The van der Waals surface area contributed by atoms with Gasteiger partial charge in [-0.15, -0.1) is 0 Å². The Morgan fingerprint density at radius 2 is 2.00 bits per heavy atom. The summed E-state index contributed by atoms with van der Waals surface area (Å²) in [4.78, 5) is 10.6. The van der Waals surface area contributed by atoms with Crippen molar-refractivity contribution in [3.05, 3.63) is 0 Å². The molecule has 3 nitrogen and oxygen atoms in total. The number of aliphatic hydroxyl groups is 1. The van der Waals surface area contributed by atoms with Crippen LogP contribution in [0.15, 0.2) is 0 Å². The third-order valence-electron chi connectivity index (χ3n) is 2.46. The molecule has 0 aliphatic heterocycles. The molecule has 2 atom stereocenters. The van der Waals surface area contributed by atoms with Gasteiger partial charge in [0.2, 0.25) is 0 Å². The van der Waals surface area contributed by atoms with Crippen LogP contribution in [0, 0.1) is 11.8 Å². The summed E-state index contributed by atoms with van der Waals surface area (Å²) in [5, 5.41) is 17.6. The van der Waals surface area contributed by atoms with Gasteiger partial charge in [-0.2, -0.15) is 0 Å². The highest BCUT2D eigenvalue weighted by Gasteiger charge is 2.29. The Labute approximate surface area is 66.0 Å². The van der Waals surface area contributed by atoms with Crippen molar-refractivity contribution >= 4 is 5.97 Å². The Bertz CT molecular complexity index is 144. The van der Waals surface area contributed by atoms with E-state index in [1.807, 2.05) is 0 Å². The average molecular weight is 158 g/mol. The Morgan fingerprint density at radius 3 is 2.45 bits per heavy atom. The van der Waals surface area contributed by atoms with Crippen LogP contribution in [0.1, 0.15) is 25.7 Å². The molecule has 1 saturated carbocycles. The number of hydrogen-bond acceptors (Lipinski definition) is 2. The quantitative estimate of drug-likeness (QED) is 0.627. The first-order chi connectivity index (χ1) is 5.25. The number of carboxylic acids is 1. The molecule has 0 radical (unpaired) electrons. The second kappa shape index (κ2) is 3.72. The van der Waals surface area contributed by atoms with Crippen LogP contribution in [-0.4, -0.2) is 22.8 Å². The lowest BCUT2D eigenvalue weighted by molar-refractivity contribution is -0.145. The lowest BCUT2D eigenvalue weighted by Crippen LogP contribution is -2.29. The van der Waals surface area contributed by atoms with Crippen LogP contribution in [0.4, 0.5) is 0 Å². The summed E-state index contributed by atoms with van der Waals surface area (Å²) in [6, 6.07) is 0. The van der Waals surface area contributed by atoms with Crippen LogP contribution in [0.3, 0.4) is 0 Å². The van der Waals surface area contributed by atoms with Gasteiger partial charge in [-0.3, -0.25) is 4.79 Å². The molecule has 3 heteroatoms. The summed E-state index contributed by atoms with van der Waals surface area (Å²) in [6.07, 6.45) is 3.66. The maximum Gasteiger partial charge on any atom is 0.306 e. The SMILES string of the molecule is O=C(O)[C@@H]1CCCC[C@@H]1CO. The van der Waals surface area contributed by atoms with E-state index in [9.17, 15) is 4.79 Å². The fourth-order valence-electron chi connectivity index (χ4n) is 1.75. The zero-order chi connectivity index (χ0) is 8.27. The van der Waals surface area contributed by atoms with Gasteiger partial charge in [-0.25, -0.2) is 0 Å². The molecule has 0 spiro atoms. The normalized spacial score (nSPS) is 31.7. The summed E-state index contributed by atoms with van der Waals surface area (Å²) in [6.45, 7) is 0.0248. The highest BCUT2D eigenvalue weighted by atomic mass is 16.4. The van der Waals surface area contributed by atoms with Gasteiger partial charge in [0.1, 0.15) is 0 Å². The molecular formula is C8H14O3. The van der Waals surface area contributed by atoms with E-state index in [1.165, 1.54) is 0 Å². The van der Waals surface area contributed by atoms with Crippen molar-refractivity contribution < 1.29 is 15.0 Å². The topological polar surface area (TPSA) is 57.5 Å². The lowest BCUT2D eigenvalue weighted by atomic mass is 9.80. The number of aliphatic carboxylic acids is 1. The molecular weight excluding hydrogens is 144 g/mol. The van der Waals surface area contributed by atoms with E-state index in [-0.39, 0.29) is 18.4 Å². The third kappa shape index (κ3) is 1.93. The first kappa shape index (κ1) is 8.53. The molecule has 0 heterocycles. The summed E-state index contributed by atoms with van der Waals surface area (Å²) < 4.78 is 0. The molecule has 1 fully saturated rings. The van der Waals surface area contributed by atoms with Gasteiger partial charge in [0.05, 0.1) is 5.92 Å². The molecule has 1 aliphatic rings. The lowest BCUT2D eigenvalue weighted by Gasteiger charge is -2.26. The minimum Gasteiger partial charge on any atom is -0.481 e. The average Bonchev–Trinajstić information content (AvgIpc) is 2.04. The monoisotopic (exact) mass is 158 g/mol. The Hall–Kier alpha value is -0.570. The predicted molar refractivity (Wildman–Crippen MR) is 40.2 cm³/mol. The van der Waals surface area contributed by atoms with Gasteiger partial charge in [0.25, 0.3) is 0 Å². The van der Waals surface area contributed by atoms with Crippen molar-refractivity contribution in [3.8, 4) is 0 Å². The molecule has 0 aromatic carbocycles. The summed E-state index contributed by atoms with van der Waals surface area (Å²) in [7, 11) is 0. The van der Waals surface area contributed by atoms with E-state index in [0.717, 1.165) is 25.7 Å². The van der Waals surface area contributed by atoms with Crippen molar-refractivity contribution in [2.45, 2.75) is 25.7 Å². The van der Waals surface area contributed by atoms with E-state index in [0.29, 0.717) is 0 Å². The molecule has 0 unspecified atom stereocenters. The number of carbonyl (C=O) groups is 1. The first-order valence-corrected chi connectivity index (χ1v) is 4.09. The second-order valence-electron chi connectivity index (χ2n) is 3.17. The largest absolute Gasteiger partial charge is 0.481 e. The summed E-state index contributed by atoms with van der Waals surface area (Å²) in [5.41, 5.74) is 0. The minimum absolute atomic E-state index is 0.00116. The third-order valence-corrected chi connectivity index (χ3v) is 2.46. The van der Waals surface area contributed by atoms with Gasteiger partial charge in [-0.1, -0.05) is 12.8 Å². The molecule has 0 aromatic heterocycles. The zero-order valence-corrected chi connectivity index (χ0v) is 6.49. The predicted octanol–water partition coefficient (Wildman–Crippen LogP) is 0.870. The van der Waals surface area contributed by atoms with Crippen LogP contribution in [0.2, 0.25) is 0 Å². The first-order valence-electron chi connectivity index (χ1n) is 4.09. The molecule has 1 rings (SSSR count). The fraction of sp³-hybridized carbons (Fsp3) is 0.875. The summed E-state index contributed by atoms with van der Waals surface area (Å²) in [5.74, 6) is -1.04. The molecule has 0 bridgehead atoms. The van der Waals surface area contributed by atoms with Gasteiger partial charge < -0.3 is 10.2 Å². The van der Waals surface area contributed by atoms with E-state index < -0.39 is 5.97 Å². The van der Waals surface area contributed by atoms with Gasteiger partial charge >= 0.3 is 5.97 Å². The molecule has 0 amide bonds. The maximum absolute atomic E-state index is 10.6. The van der Waals surface area contributed by atoms with Crippen molar-refractivity contribution in [3.63, 3.8) is 0 Å². The smallest absolute Gasteiger partial charge is 0.306 e. The molecule has 0 saturated heterocycles. The zero-order valence-electron chi connectivity index (χ0n) is 6.49. The maximum atomic E-state index is 10.6. The van der Waals surface area contributed by atoms with Crippen molar-refractivity contribution in [2.24, 2.45) is 11.8 Å². The highest BCUT2D eigenvalue weighted by molar-refractivity contribution is 5.70. The minimum atomic E-state index is -0.747. The van der Waals surface area contributed by atoms with Crippen LogP contribution in [0.5, 0.6) is 0 Å². The Balaban J connectivity index is 2.51. The number of carboxylic acid groups (broad SMARTS) is 1. The fourth-order valence-corrected chi connectivity index (χ4v) is 1.75. The molecule has 0 aromatic rings. The van der Waals surface area contributed by atoms with Gasteiger partial charge in [0.15, 0.2) is 0 Å². The standard InChI is InChI=1S/C8H14O3/c9-5-6-3-1-2-4-7(6)8(10)11/h6-7,9H,1-5H2,(H,10,11)/t6-,7-/m1/s1. The van der Waals surface area contributed by atoms with Crippen molar-refractivity contribution in [2.75, 3.05) is 6.61 Å². The van der Waals surface area contributed by atoms with Crippen LogP contribution in [-0.2, 0) is 4.79 Å². The number of rotatable bonds is 2. The van der Waals surface area contributed by atoms with Crippen LogP contribution >= 0.6 is 0 Å². The Morgan fingerprint density at radius 1 is 1.36 bits per heavy atom. The van der Waals surface area contributed by atoms with Gasteiger partial charge in [0, 0.05) is 6.61 Å². The molecule has 1 aliphatic carbocycles. The Kier molecular flexibility index (Phi) is 2.88. The van der Waals surface area contributed by atoms with E-state index in [1.54, 1.807) is 0 Å². The second-order valence-corrected chi connectivity index (χ2v) is 3.17. The van der Waals surface area contributed by atoms with Crippen molar-refractivity contribution in [1.82, 2.24) is 0 Å². The molecule has 2 N–H and O–H groups in total. The summed E-state index contributed by atoms with van der Waals surface area (Å²) >= 11 is 0. The number of aliphatic hydroxyl groups excluding tert-OH is 1. The van der Waals surface area contributed by atoms with E-state index >= 15 is 0 Å². The van der Waals surface area contributed by atoms with Crippen molar-refractivity contribution in [1.29, 1.82) is 0 Å². The van der Waals surface area contributed by atoms with Gasteiger partial charge in [-0.05, 0) is 18.8 Å². The van der Waals surface area contributed by atoms with Crippen LogP contribution < -0.4 is 0 Å². The highest BCUT2D eigenvalue weighted by Crippen LogP contribution is 2.29.